The summed E-state index contributed by atoms with van der Waals surface area (Å²) in [6.07, 6.45) is -4.53. The lowest BCUT2D eigenvalue weighted by Gasteiger charge is -2.39. The molecule has 0 N–H and O–H groups in total. The molecular formula is C13H15F3N2O. The van der Waals surface area contributed by atoms with E-state index < -0.39 is 18.6 Å². The number of hydrogen-bond acceptors (Lipinski definition) is 2. The number of benzene rings is 1. The molecule has 1 saturated heterocycles. The van der Waals surface area contributed by atoms with Crippen molar-refractivity contribution in [1.82, 2.24) is 4.90 Å². The van der Waals surface area contributed by atoms with Gasteiger partial charge in [0.15, 0.2) is 6.30 Å². The van der Waals surface area contributed by atoms with E-state index in [-0.39, 0.29) is 19.6 Å². The first-order valence-corrected chi connectivity index (χ1v) is 6.04. The molecule has 1 atom stereocenters. The summed E-state index contributed by atoms with van der Waals surface area (Å²) in [5.74, 6) is -1.30. The summed E-state index contributed by atoms with van der Waals surface area (Å²) in [7, 11) is 0. The zero-order chi connectivity index (χ0) is 14.0. The van der Waals surface area contributed by atoms with Gasteiger partial charge in [-0.15, -0.1) is 0 Å². The van der Waals surface area contributed by atoms with E-state index in [0.717, 1.165) is 16.2 Å². The number of nitrogens with zero attached hydrogens (tertiary/aromatic N) is 2. The zero-order valence-electron chi connectivity index (χ0n) is 10.5. The quantitative estimate of drug-likeness (QED) is 0.771. The Kier molecular flexibility index (Phi) is 3.97. The van der Waals surface area contributed by atoms with Gasteiger partial charge >= 0.3 is 6.43 Å². The molecule has 0 radical (unpaired) electrons. The Morgan fingerprint density at radius 1 is 1.32 bits per heavy atom. The number of carbonyl (C=O) groups excluding carboxylic acids is 1. The van der Waals surface area contributed by atoms with Gasteiger partial charge in [0.2, 0.25) is 0 Å². The zero-order valence-corrected chi connectivity index (χ0v) is 10.5. The lowest BCUT2D eigenvalue weighted by atomic mass is 10.1. The van der Waals surface area contributed by atoms with Crippen LogP contribution in [0.5, 0.6) is 0 Å². The molecule has 1 unspecified atom stereocenters. The molecule has 2 rings (SSSR count). The van der Waals surface area contributed by atoms with E-state index in [4.69, 9.17) is 0 Å². The van der Waals surface area contributed by atoms with Crippen LogP contribution in [0.3, 0.4) is 0 Å². The Morgan fingerprint density at radius 3 is 2.58 bits per heavy atom. The van der Waals surface area contributed by atoms with Gasteiger partial charge in [-0.1, -0.05) is 18.2 Å². The van der Waals surface area contributed by atoms with Crippen molar-refractivity contribution in [2.75, 3.05) is 24.5 Å². The maximum absolute atomic E-state index is 14.1. The van der Waals surface area contributed by atoms with E-state index in [1.165, 1.54) is 4.90 Å². The van der Waals surface area contributed by atoms with Crippen LogP contribution in [-0.2, 0) is 4.79 Å². The highest BCUT2D eigenvalue weighted by atomic mass is 19.3. The molecule has 0 aromatic heterocycles. The second kappa shape index (κ2) is 5.50. The molecule has 1 heterocycles. The third-order valence-electron chi connectivity index (χ3n) is 3.24. The first-order valence-electron chi connectivity index (χ1n) is 6.04. The molecule has 1 aromatic carbocycles. The molecule has 19 heavy (non-hydrogen) atoms. The second-order valence-corrected chi connectivity index (χ2v) is 4.50. The third kappa shape index (κ3) is 2.83. The lowest BCUT2D eigenvalue weighted by molar-refractivity contribution is -0.144. The monoisotopic (exact) mass is 272 g/mol. The standard InChI is InChI=1S/C13H15F3N2O/c1-9-4-2-3-5-10(9)18-7-6-17(8-11(18)14)13(19)12(15)16/h2-5,11-12H,6-8H2,1H3. The number of anilines is 1. The molecule has 1 fully saturated rings. The molecule has 0 saturated carbocycles. The fourth-order valence-electron chi connectivity index (χ4n) is 2.24. The highest BCUT2D eigenvalue weighted by Crippen LogP contribution is 2.25. The summed E-state index contributed by atoms with van der Waals surface area (Å²) in [6, 6.07) is 7.29. The maximum atomic E-state index is 14.1. The minimum atomic E-state index is -3.07. The van der Waals surface area contributed by atoms with Crippen molar-refractivity contribution in [3.63, 3.8) is 0 Å². The number of piperazine rings is 1. The number of amides is 1. The molecular weight excluding hydrogens is 257 g/mol. The minimum Gasteiger partial charge on any atom is -0.338 e. The number of hydrogen-bond donors (Lipinski definition) is 0. The van der Waals surface area contributed by atoms with Crippen LogP contribution in [0, 0.1) is 6.92 Å². The van der Waals surface area contributed by atoms with Crippen molar-refractivity contribution in [3.05, 3.63) is 29.8 Å². The normalized spacial score (nSPS) is 19.9. The highest BCUT2D eigenvalue weighted by molar-refractivity contribution is 5.79. The summed E-state index contributed by atoms with van der Waals surface area (Å²) >= 11 is 0. The number of alkyl halides is 3. The van der Waals surface area contributed by atoms with Crippen LogP contribution in [0.1, 0.15) is 5.56 Å². The van der Waals surface area contributed by atoms with Crippen molar-refractivity contribution in [1.29, 1.82) is 0 Å². The predicted octanol–water partition coefficient (Wildman–Crippen LogP) is 2.20. The van der Waals surface area contributed by atoms with Crippen LogP contribution in [0.2, 0.25) is 0 Å². The lowest BCUT2D eigenvalue weighted by Crippen LogP contribution is -2.54. The first-order chi connectivity index (χ1) is 9.00. The number of halogens is 3. The van der Waals surface area contributed by atoms with Gasteiger partial charge in [0.1, 0.15) is 0 Å². The molecule has 0 aliphatic carbocycles. The topological polar surface area (TPSA) is 23.6 Å². The Balaban J connectivity index is 2.09. The minimum absolute atomic E-state index is 0.109. The largest absolute Gasteiger partial charge is 0.338 e. The fourth-order valence-corrected chi connectivity index (χ4v) is 2.24. The van der Waals surface area contributed by atoms with E-state index in [0.29, 0.717) is 0 Å². The number of para-hydroxylation sites is 1. The Bertz CT molecular complexity index is 467. The van der Waals surface area contributed by atoms with Crippen molar-refractivity contribution in [2.45, 2.75) is 19.6 Å². The molecule has 1 amide bonds. The molecule has 1 aliphatic heterocycles. The van der Waals surface area contributed by atoms with E-state index in [1.807, 2.05) is 19.1 Å². The van der Waals surface area contributed by atoms with E-state index in [2.05, 4.69) is 0 Å². The summed E-state index contributed by atoms with van der Waals surface area (Å²) < 4.78 is 38.7. The molecule has 0 bridgehead atoms. The summed E-state index contributed by atoms with van der Waals surface area (Å²) in [5.41, 5.74) is 1.65. The van der Waals surface area contributed by atoms with Crippen molar-refractivity contribution >= 4 is 11.6 Å². The Labute approximate surface area is 109 Å². The molecule has 1 aromatic rings. The number of rotatable bonds is 2. The van der Waals surface area contributed by atoms with E-state index >= 15 is 0 Å². The van der Waals surface area contributed by atoms with Crippen molar-refractivity contribution < 1.29 is 18.0 Å². The van der Waals surface area contributed by atoms with Crippen molar-refractivity contribution in [3.8, 4) is 0 Å². The van der Waals surface area contributed by atoms with E-state index in [1.54, 1.807) is 12.1 Å². The Hall–Kier alpha value is -1.72. The third-order valence-corrected chi connectivity index (χ3v) is 3.24. The van der Waals surface area contributed by atoms with Gasteiger partial charge in [-0.2, -0.15) is 8.78 Å². The van der Waals surface area contributed by atoms with Gasteiger partial charge in [0, 0.05) is 18.8 Å². The molecule has 0 spiro atoms. The van der Waals surface area contributed by atoms with E-state index in [9.17, 15) is 18.0 Å². The SMILES string of the molecule is Cc1ccccc1N1CCN(C(=O)C(F)F)CC1F. The van der Waals surface area contributed by atoms with Crippen LogP contribution >= 0.6 is 0 Å². The fraction of sp³-hybridized carbons (Fsp3) is 0.462. The van der Waals surface area contributed by atoms with Gasteiger partial charge in [-0.25, -0.2) is 4.39 Å². The van der Waals surface area contributed by atoms with Gasteiger partial charge in [-0.05, 0) is 18.6 Å². The molecule has 6 heteroatoms. The van der Waals surface area contributed by atoms with Gasteiger partial charge in [0.05, 0.1) is 6.54 Å². The second-order valence-electron chi connectivity index (χ2n) is 4.50. The summed E-state index contributed by atoms with van der Waals surface area (Å²) in [5, 5.41) is 0. The average molecular weight is 272 g/mol. The van der Waals surface area contributed by atoms with Crippen LogP contribution in [-0.4, -0.2) is 43.2 Å². The van der Waals surface area contributed by atoms with Crippen LogP contribution in [0.15, 0.2) is 24.3 Å². The van der Waals surface area contributed by atoms with Gasteiger partial charge in [0.25, 0.3) is 5.91 Å². The Morgan fingerprint density at radius 2 is 2.00 bits per heavy atom. The predicted molar refractivity (Wildman–Crippen MR) is 66.0 cm³/mol. The first kappa shape index (κ1) is 13.7. The molecule has 3 nitrogen and oxygen atoms in total. The van der Waals surface area contributed by atoms with Gasteiger partial charge in [-0.3, -0.25) is 4.79 Å². The summed E-state index contributed by atoms with van der Waals surface area (Å²) in [6.45, 7) is 1.86. The van der Waals surface area contributed by atoms with Crippen LogP contribution in [0.25, 0.3) is 0 Å². The average Bonchev–Trinajstić information content (AvgIpc) is 2.38. The summed E-state index contributed by atoms with van der Waals surface area (Å²) in [4.78, 5) is 13.5. The van der Waals surface area contributed by atoms with Crippen LogP contribution < -0.4 is 4.90 Å². The number of carbonyl (C=O) groups is 1. The van der Waals surface area contributed by atoms with Crippen molar-refractivity contribution in [2.24, 2.45) is 0 Å². The van der Waals surface area contributed by atoms with Crippen LogP contribution in [0.4, 0.5) is 18.9 Å². The molecule has 104 valence electrons. The highest BCUT2D eigenvalue weighted by Gasteiger charge is 2.33. The maximum Gasteiger partial charge on any atom is 0.315 e. The molecule has 1 aliphatic rings. The van der Waals surface area contributed by atoms with Gasteiger partial charge < -0.3 is 9.80 Å². The number of aryl methyl sites for hydroxylation is 1. The smallest absolute Gasteiger partial charge is 0.315 e.